The zero-order chi connectivity index (χ0) is 45.2. The van der Waals surface area contributed by atoms with Gasteiger partial charge in [-0.2, -0.15) is 0 Å². The second-order valence-corrected chi connectivity index (χ2v) is 16.3. The second kappa shape index (κ2) is 18.2. The summed E-state index contributed by atoms with van der Waals surface area (Å²) in [6.07, 6.45) is 14.2. The molecule has 0 unspecified atom stereocenters. The van der Waals surface area contributed by atoms with Crippen LogP contribution in [0.3, 0.4) is 0 Å². The van der Waals surface area contributed by atoms with Crippen molar-refractivity contribution >= 4 is 59.2 Å². The molecule has 328 valence electrons. The minimum atomic E-state index is -10.7. The summed E-state index contributed by atoms with van der Waals surface area (Å²) in [6.45, 7) is 0. The quantitative estimate of drug-likeness (QED) is 0.0532. The Morgan fingerprint density at radius 1 is 0.317 bits per heavy atom. The Labute approximate surface area is 362 Å². The first-order valence-electron chi connectivity index (χ1n) is 17.3. The number of aromatic nitrogens is 7. The molecule has 0 N–H and O–H groups in total. The molecule has 22 heteroatoms. The van der Waals surface area contributed by atoms with Gasteiger partial charge in [0, 0.05) is 82.2 Å². The monoisotopic (exact) mass is 1010 g/mol. The Balaban J connectivity index is 0.000000182. The summed E-state index contributed by atoms with van der Waals surface area (Å²) in [7, 11) is -21.3. The Bertz CT molecular complexity index is 2750. The minimum absolute atomic E-state index is 0. The molecule has 0 atom stereocenters. The van der Waals surface area contributed by atoms with Gasteiger partial charge in [-0.15, -0.1) is 0 Å². The van der Waals surface area contributed by atoms with Gasteiger partial charge in [0.2, 0.25) is 0 Å². The molecule has 63 heavy (non-hydrogen) atoms. The summed E-state index contributed by atoms with van der Waals surface area (Å²) in [5.41, 5.74) is 7.43. The van der Waals surface area contributed by atoms with Gasteiger partial charge in [0.05, 0.1) is 33.5 Å². The van der Waals surface area contributed by atoms with Crippen LogP contribution in [0, 0.1) is 11.8 Å². The topological polar surface area (TPSA) is 90.2 Å². The summed E-state index contributed by atoms with van der Waals surface area (Å²) >= 11 is 0. The Morgan fingerprint density at radius 3 is 1.00 bits per heavy atom. The van der Waals surface area contributed by atoms with Crippen LogP contribution in [0.2, 0.25) is 0 Å². The number of fused-ring (bicyclic) bond motifs is 6. The molecule has 0 fully saturated rings. The van der Waals surface area contributed by atoms with Crippen molar-refractivity contribution in [2.45, 2.75) is 0 Å². The average molecular weight is 1010 g/mol. The third-order valence-electron chi connectivity index (χ3n) is 7.41. The maximum absolute atomic E-state index is 10.7. The second-order valence-electron chi connectivity index (χ2n) is 12.5. The number of hydrogen-bond donors (Lipinski definition) is 0. The molecule has 0 saturated heterocycles. The normalized spacial score (nSPS) is 13.0. The summed E-state index contributed by atoms with van der Waals surface area (Å²) in [4.78, 5) is 30.0. The number of benzene rings is 2. The fourth-order valence-electron chi connectivity index (χ4n) is 5.07. The van der Waals surface area contributed by atoms with E-state index in [1.165, 1.54) is 0 Å². The Morgan fingerprint density at radius 2 is 0.667 bits per heavy atom. The Kier molecular flexibility index (Phi) is 14.3. The van der Waals surface area contributed by atoms with Crippen LogP contribution >= 0.6 is 15.6 Å². The van der Waals surface area contributed by atoms with Gasteiger partial charge in [-0.3, -0.25) is 34.9 Å². The molecule has 0 saturated carbocycles. The number of nitrogens with zero attached hydrogens (tertiary/aromatic N) is 7. The molecule has 9 rings (SSSR count). The number of hydrogen-bond acceptors (Lipinski definition) is 7. The fraction of sp³-hybridized carbons (Fsp3) is 0. The van der Waals surface area contributed by atoms with Gasteiger partial charge in [0.15, 0.2) is 0 Å². The molecule has 0 aliphatic carbocycles. The van der Waals surface area contributed by atoms with Crippen LogP contribution in [0.4, 0.5) is 50.4 Å². The van der Waals surface area contributed by atoms with E-state index in [2.05, 4.69) is 95.3 Å². The third kappa shape index (κ3) is 19.5. The molecule has 0 aliphatic heterocycles. The van der Waals surface area contributed by atoms with Gasteiger partial charge in [0.1, 0.15) is 0 Å². The van der Waals surface area contributed by atoms with Crippen molar-refractivity contribution in [1.29, 1.82) is 0 Å². The van der Waals surface area contributed by atoms with Gasteiger partial charge in [-0.25, -0.2) is 0 Å². The molecule has 7 aromatic heterocycles. The molecule has 9 aromatic rings. The van der Waals surface area contributed by atoms with Crippen LogP contribution in [-0.4, -0.2) is 34.9 Å². The van der Waals surface area contributed by atoms with E-state index in [-0.39, 0.29) is 19.5 Å². The summed E-state index contributed by atoms with van der Waals surface area (Å²) < 4.78 is 118. The van der Waals surface area contributed by atoms with Crippen LogP contribution in [0.25, 0.3) is 55.0 Å². The predicted octanol–water partition coefficient (Wildman–Crippen LogP) is 15.3. The summed E-state index contributed by atoms with van der Waals surface area (Å²) in [6, 6.07) is 37.7. The largest absolute Gasteiger partial charge is 2.00 e. The first-order valence-corrected chi connectivity index (χ1v) is 21.4. The maximum atomic E-state index is 9.87. The molecule has 7 heterocycles. The van der Waals surface area contributed by atoms with E-state index in [1.807, 2.05) is 66.7 Å². The van der Waals surface area contributed by atoms with Gasteiger partial charge in [-0.05, 0) is 60.7 Å². The van der Waals surface area contributed by atoms with E-state index in [1.54, 1.807) is 49.6 Å². The van der Waals surface area contributed by atoms with Crippen molar-refractivity contribution in [3.8, 4) is 23.2 Å². The van der Waals surface area contributed by atoms with Crippen LogP contribution in [0.1, 0.15) is 11.1 Å². The minimum Gasteiger partial charge on any atom is -0.254 e. The SMILES string of the molecule is C(#Cc1ccc(-c2ccccn2)nc1)c1ccncc1.F[P-](F)(F)(F)(F)F.F[P-](F)(F)(F)(F)F.[Ru+2].c1cnc2c(c1)ccc1cccnc12.c1cnc2c(c1)ccc1cccnc12. The van der Waals surface area contributed by atoms with Crippen LogP contribution < -0.4 is 0 Å². The van der Waals surface area contributed by atoms with Crippen LogP contribution in [0.5, 0.6) is 0 Å². The van der Waals surface area contributed by atoms with Crippen molar-refractivity contribution in [1.82, 2.24) is 34.9 Å². The fourth-order valence-corrected chi connectivity index (χ4v) is 5.07. The zero-order valence-corrected chi connectivity index (χ0v) is 35.0. The average Bonchev–Trinajstić information content (AvgIpc) is 3.22. The van der Waals surface area contributed by atoms with Gasteiger partial charge in [-0.1, -0.05) is 66.4 Å². The smallest absolute Gasteiger partial charge is 0.254 e. The van der Waals surface area contributed by atoms with Crippen molar-refractivity contribution < 1.29 is 69.8 Å². The van der Waals surface area contributed by atoms with E-state index in [0.717, 1.165) is 66.1 Å². The van der Waals surface area contributed by atoms with Crippen molar-refractivity contribution in [2.24, 2.45) is 0 Å². The molecule has 0 bridgehead atoms. The molecule has 0 amide bonds. The molecule has 7 nitrogen and oxygen atoms in total. The van der Waals surface area contributed by atoms with Crippen molar-refractivity contribution in [3.63, 3.8) is 0 Å². The number of halogens is 12. The van der Waals surface area contributed by atoms with Crippen molar-refractivity contribution in [2.75, 3.05) is 0 Å². The molecular formula is C41H27F12N7P2Ru. The summed E-state index contributed by atoms with van der Waals surface area (Å²) in [5, 5.41) is 4.55. The van der Waals surface area contributed by atoms with Crippen LogP contribution in [0.15, 0.2) is 165 Å². The van der Waals surface area contributed by atoms with Crippen molar-refractivity contribution in [3.05, 3.63) is 176 Å². The standard InChI is InChI=1S/C17H11N3.2C12H8N2.2F6P.Ru/c1-2-10-19-16(3-1)17-7-6-15(13-20-17)5-4-14-8-11-18-12-9-14;2*1-3-9-5-6-10-4-2-8-14-12(10)11(9)13-7-1;2*1-7(2,3,4,5)6;/h1-3,6-13H;2*1-8H;;;/q;;;2*-1;+2. The first kappa shape index (κ1) is 49.4. The first-order chi connectivity index (χ1) is 28.7. The Hall–Kier alpha value is -6.27. The number of pyridine rings is 7. The van der Waals surface area contributed by atoms with E-state index in [0.29, 0.717) is 0 Å². The molecule has 2 aromatic carbocycles. The third-order valence-corrected chi connectivity index (χ3v) is 7.41. The number of rotatable bonds is 1. The molecule has 0 radical (unpaired) electrons. The van der Waals surface area contributed by atoms with Crippen LogP contribution in [-0.2, 0) is 19.5 Å². The molecule has 0 spiro atoms. The molecular weight excluding hydrogens is 981 g/mol. The van der Waals surface area contributed by atoms with E-state index >= 15 is 0 Å². The summed E-state index contributed by atoms with van der Waals surface area (Å²) in [5.74, 6) is 6.15. The predicted molar refractivity (Wildman–Crippen MR) is 219 cm³/mol. The molecule has 0 aliphatic rings. The van der Waals surface area contributed by atoms with E-state index in [4.69, 9.17) is 0 Å². The zero-order valence-electron chi connectivity index (χ0n) is 31.5. The van der Waals surface area contributed by atoms with Gasteiger partial charge >= 0.3 is 85.5 Å². The maximum Gasteiger partial charge on any atom is 2.00 e. The van der Waals surface area contributed by atoms with E-state index < -0.39 is 15.6 Å². The van der Waals surface area contributed by atoms with Gasteiger partial charge in [0.25, 0.3) is 0 Å². The van der Waals surface area contributed by atoms with E-state index in [9.17, 15) is 50.4 Å². The van der Waals surface area contributed by atoms with Gasteiger partial charge < -0.3 is 0 Å².